The lowest BCUT2D eigenvalue weighted by Gasteiger charge is -2.44. The van der Waals surface area contributed by atoms with Crippen LogP contribution in [-0.2, 0) is 18.9 Å². The molecule has 10 heteroatoms. The summed E-state index contributed by atoms with van der Waals surface area (Å²) in [6.07, 6.45) is -7.92. The largest absolute Gasteiger partial charge is 0.388 e. The second kappa shape index (κ2) is 8.95. The van der Waals surface area contributed by atoms with Crippen molar-refractivity contribution in [1.29, 1.82) is 0 Å². The van der Waals surface area contributed by atoms with Crippen molar-refractivity contribution >= 4 is 0 Å². The molecule has 0 bridgehead atoms. The Hall–Kier alpha value is -0.400. The Bertz CT molecular complexity index is 474. The molecular formula is C17H34N2O8. The van der Waals surface area contributed by atoms with Gasteiger partial charge in [0.05, 0.1) is 30.4 Å². The van der Waals surface area contributed by atoms with Crippen molar-refractivity contribution in [1.82, 2.24) is 0 Å². The second-order valence-electron chi connectivity index (χ2n) is 8.17. The number of nitrogens with two attached hydrogens (primary N) is 2. The zero-order valence-corrected chi connectivity index (χ0v) is 16.3. The Morgan fingerprint density at radius 3 is 1.81 bits per heavy atom. The lowest BCUT2D eigenvalue weighted by molar-refractivity contribution is -0.309. The van der Waals surface area contributed by atoms with E-state index >= 15 is 0 Å². The van der Waals surface area contributed by atoms with Gasteiger partial charge in [-0.05, 0) is 27.2 Å². The average molecular weight is 394 g/mol. The van der Waals surface area contributed by atoms with Crippen LogP contribution in [0, 0.1) is 0 Å². The molecule has 2 aliphatic heterocycles. The van der Waals surface area contributed by atoms with Gasteiger partial charge in [-0.2, -0.15) is 0 Å². The highest BCUT2D eigenvalue weighted by Crippen LogP contribution is 2.27. The molecule has 10 nitrogen and oxygen atoms in total. The Morgan fingerprint density at radius 1 is 0.815 bits per heavy atom. The number of ether oxygens (including phenoxy) is 4. The van der Waals surface area contributed by atoms with E-state index in [0.717, 1.165) is 0 Å². The van der Waals surface area contributed by atoms with E-state index in [9.17, 15) is 20.4 Å². The predicted octanol–water partition coefficient (Wildman–Crippen LogP) is -2.22. The minimum absolute atomic E-state index is 0.174. The monoisotopic (exact) mass is 394 g/mol. The minimum Gasteiger partial charge on any atom is -0.388 e. The molecule has 0 radical (unpaired) electrons. The highest BCUT2D eigenvalue weighted by atomic mass is 16.7. The summed E-state index contributed by atoms with van der Waals surface area (Å²) < 4.78 is 22.6. The molecule has 0 aromatic heterocycles. The first-order chi connectivity index (χ1) is 12.5. The minimum atomic E-state index is -1.29. The summed E-state index contributed by atoms with van der Waals surface area (Å²) in [4.78, 5) is 0. The number of aliphatic hydroxyl groups excluding tert-OH is 4. The van der Waals surface area contributed by atoms with Crippen LogP contribution in [0.1, 0.15) is 34.1 Å². The summed E-state index contributed by atoms with van der Waals surface area (Å²) in [5.74, 6) is 0. The number of rotatable bonds is 5. The van der Waals surface area contributed by atoms with Crippen LogP contribution in [0.5, 0.6) is 0 Å². The second-order valence-corrected chi connectivity index (χ2v) is 8.17. The quantitative estimate of drug-likeness (QED) is 0.300. The van der Waals surface area contributed by atoms with Crippen LogP contribution in [-0.4, -0.2) is 93.9 Å². The van der Waals surface area contributed by atoms with E-state index in [1.807, 2.05) is 20.8 Å². The molecule has 0 aromatic carbocycles. The highest BCUT2D eigenvalue weighted by molar-refractivity contribution is 4.94. The SMILES string of the molecule is CCC1OC(OCC2OC(OC(C)(C)C)C(N)C(O)C2O)C(N)C(O)C1O. The zero-order chi connectivity index (χ0) is 20.5. The molecule has 10 atom stereocenters. The Kier molecular flexibility index (Phi) is 7.59. The molecule has 27 heavy (non-hydrogen) atoms. The maximum Gasteiger partial charge on any atom is 0.176 e. The smallest absolute Gasteiger partial charge is 0.176 e. The molecule has 10 unspecified atom stereocenters. The highest BCUT2D eigenvalue weighted by Gasteiger charge is 2.46. The fourth-order valence-corrected chi connectivity index (χ4v) is 3.17. The van der Waals surface area contributed by atoms with Gasteiger partial charge >= 0.3 is 0 Å². The van der Waals surface area contributed by atoms with Gasteiger partial charge in [-0.3, -0.25) is 0 Å². The van der Waals surface area contributed by atoms with Gasteiger partial charge in [0.2, 0.25) is 0 Å². The molecule has 2 heterocycles. The van der Waals surface area contributed by atoms with Crippen LogP contribution in [0.4, 0.5) is 0 Å². The third-order valence-electron chi connectivity index (χ3n) is 4.79. The van der Waals surface area contributed by atoms with Gasteiger partial charge in [-0.15, -0.1) is 0 Å². The third-order valence-corrected chi connectivity index (χ3v) is 4.79. The van der Waals surface area contributed by atoms with Gasteiger partial charge < -0.3 is 50.8 Å². The van der Waals surface area contributed by atoms with Gasteiger partial charge in [-0.1, -0.05) is 6.92 Å². The Balaban J connectivity index is 2.00. The predicted molar refractivity (Wildman–Crippen MR) is 94.4 cm³/mol. The number of hydrogen-bond donors (Lipinski definition) is 6. The van der Waals surface area contributed by atoms with Crippen molar-refractivity contribution in [3.8, 4) is 0 Å². The summed E-state index contributed by atoms with van der Waals surface area (Å²) in [7, 11) is 0. The van der Waals surface area contributed by atoms with E-state index in [1.165, 1.54) is 0 Å². The van der Waals surface area contributed by atoms with E-state index in [0.29, 0.717) is 6.42 Å². The van der Waals surface area contributed by atoms with Crippen molar-refractivity contribution in [2.45, 2.75) is 101 Å². The Morgan fingerprint density at radius 2 is 1.30 bits per heavy atom. The van der Waals surface area contributed by atoms with Crippen LogP contribution < -0.4 is 11.5 Å². The topological polar surface area (TPSA) is 170 Å². The standard InChI is InChI=1S/C17H34N2O8/c1-5-7-11(20)13(22)9(18)15(25-7)24-6-8-12(21)14(23)10(19)16(26-8)27-17(2,3)4/h7-16,20-23H,5-6,18-19H2,1-4H3. The van der Waals surface area contributed by atoms with Gasteiger partial charge in [0.15, 0.2) is 12.6 Å². The van der Waals surface area contributed by atoms with E-state index in [2.05, 4.69) is 0 Å². The molecule has 2 aliphatic rings. The lowest BCUT2D eigenvalue weighted by atomic mass is 9.95. The van der Waals surface area contributed by atoms with Gasteiger partial charge in [0.1, 0.15) is 30.5 Å². The number of aliphatic hydroxyl groups is 4. The van der Waals surface area contributed by atoms with Gasteiger partial charge in [0, 0.05) is 0 Å². The normalized spacial score (nSPS) is 46.4. The summed E-state index contributed by atoms with van der Waals surface area (Å²) in [5.41, 5.74) is 11.2. The van der Waals surface area contributed by atoms with Crippen molar-refractivity contribution in [3.63, 3.8) is 0 Å². The summed E-state index contributed by atoms with van der Waals surface area (Å²) in [5, 5.41) is 40.5. The van der Waals surface area contributed by atoms with E-state index < -0.39 is 66.9 Å². The van der Waals surface area contributed by atoms with Crippen molar-refractivity contribution in [2.75, 3.05) is 6.61 Å². The molecule has 0 spiro atoms. The lowest BCUT2D eigenvalue weighted by Crippen LogP contribution is -2.65. The van der Waals surface area contributed by atoms with Crippen molar-refractivity contribution in [2.24, 2.45) is 11.5 Å². The molecule has 160 valence electrons. The molecule has 8 N–H and O–H groups in total. The molecule has 0 aromatic rings. The van der Waals surface area contributed by atoms with Crippen molar-refractivity contribution < 1.29 is 39.4 Å². The fourth-order valence-electron chi connectivity index (χ4n) is 3.17. The molecule has 2 rings (SSSR count). The molecular weight excluding hydrogens is 360 g/mol. The molecule has 2 fully saturated rings. The summed E-state index contributed by atoms with van der Waals surface area (Å²) >= 11 is 0. The third kappa shape index (κ3) is 5.36. The van der Waals surface area contributed by atoms with Crippen LogP contribution in [0.3, 0.4) is 0 Å². The van der Waals surface area contributed by atoms with E-state index in [1.54, 1.807) is 6.92 Å². The first-order valence-corrected chi connectivity index (χ1v) is 9.30. The van der Waals surface area contributed by atoms with Crippen molar-refractivity contribution in [3.05, 3.63) is 0 Å². The van der Waals surface area contributed by atoms with Crippen LogP contribution in [0.2, 0.25) is 0 Å². The first-order valence-electron chi connectivity index (χ1n) is 9.30. The van der Waals surface area contributed by atoms with Gasteiger partial charge in [0.25, 0.3) is 0 Å². The molecule has 2 saturated heterocycles. The zero-order valence-electron chi connectivity index (χ0n) is 16.3. The van der Waals surface area contributed by atoms with E-state index in [4.69, 9.17) is 30.4 Å². The summed E-state index contributed by atoms with van der Waals surface area (Å²) in [6.45, 7) is 7.08. The number of hydrogen-bond acceptors (Lipinski definition) is 10. The van der Waals surface area contributed by atoms with Crippen LogP contribution in [0.15, 0.2) is 0 Å². The van der Waals surface area contributed by atoms with Crippen LogP contribution >= 0.6 is 0 Å². The molecule has 0 aliphatic carbocycles. The molecule has 0 amide bonds. The first kappa shape index (κ1) is 22.9. The summed E-state index contributed by atoms with van der Waals surface area (Å²) in [6, 6.07) is -1.90. The Labute approximate surface area is 159 Å². The fraction of sp³-hybridized carbons (Fsp3) is 1.00. The van der Waals surface area contributed by atoms with Crippen LogP contribution in [0.25, 0.3) is 0 Å². The maximum absolute atomic E-state index is 10.3. The molecule has 0 saturated carbocycles. The van der Waals surface area contributed by atoms with E-state index in [-0.39, 0.29) is 6.61 Å². The van der Waals surface area contributed by atoms with Gasteiger partial charge in [-0.25, -0.2) is 0 Å². The maximum atomic E-state index is 10.3. The average Bonchev–Trinajstić information content (AvgIpc) is 2.59.